The summed E-state index contributed by atoms with van der Waals surface area (Å²) in [4.78, 5) is 20.5. The predicted octanol–water partition coefficient (Wildman–Crippen LogP) is 4.05. The van der Waals surface area contributed by atoms with E-state index < -0.39 is 5.60 Å². The minimum Gasteiger partial charge on any atom is -0.389 e. The number of aliphatic hydroxyl groups is 1. The molecule has 7 nitrogen and oxygen atoms in total. The van der Waals surface area contributed by atoms with E-state index in [1.807, 2.05) is 12.3 Å². The number of carbonyl (C=O) groups is 1. The van der Waals surface area contributed by atoms with Crippen LogP contribution < -0.4 is 10.6 Å². The molecule has 1 aromatic carbocycles. The van der Waals surface area contributed by atoms with Crippen LogP contribution in [-0.4, -0.2) is 52.9 Å². The number of fused-ring (bicyclic) bond motifs is 1. The minimum atomic E-state index is -0.970. The van der Waals surface area contributed by atoms with Crippen LogP contribution in [0, 0.1) is 0 Å². The molecule has 0 radical (unpaired) electrons. The van der Waals surface area contributed by atoms with Crippen LogP contribution in [0.1, 0.15) is 73.0 Å². The summed E-state index contributed by atoms with van der Waals surface area (Å²) in [6.07, 6.45) is 8.04. The number of rotatable bonds is 6. The number of nitrogens with zero attached hydrogens (tertiary/aromatic N) is 1. The number of amides is 1. The van der Waals surface area contributed by atoms with Crippen molar-refractivity contribution >= 4 is 16.9 Å². The van der Waals surface area contributed by atoms with Crippen molar-refractivity contribution in [2.75, 3.05) is 26.3 Å². The standard InChI is InChI=1S/C27H34N4O3/c1-27(2,33)16-31-26(32)23-15-30-25-22(23)13-19(14-29-25)18-5-6-20(17-7-10-34-11-8-17)21(12-18)24-4-3-9-28-24/h5-6,12-15,17,24,28,33H,3-4,7-11,16H2,1-2H3,(H,29,30)(H,31,32)/t24-/m0/s1. The molecule has 3 aromatic rings. The molecule has 0 spiro atoms. The van der Waals surface area contributed by atoms with Crippen LogP contribution in [0.2, 0.25) is 0 Å². The van der Waals surface area contributed by atoms with Gasteiger partial charge in [-0.1, -0.05) is 12.1 Å². The number of benzene rings is 1. The van der Waals surface area contributed by atoms with E-state index in [0.29, 0.717) is 23.2 Å². The van der Waals surface area contributed by atoms with Gasteiger partial charge in [0.2, 0.25) is 0 Å². The highest BCUT2D eigenvalue weighted by Gasteiger charge is 2.25. The molecule has 7 heteroatoms. The van der Waals surface area contributed by atoms with Crippen LogP contribution in [0.4, 0.5) is 0 Å². The molecule has 2 saturated heterocycles. The Morgan fingerprint density at radius 3 is 2.74 bits per heavy atom. The van der Waals surface area contributed by atoms with E-state index in [1.54, 1.807) is 20.0 Å². The number of aromatic nitrogens is 2. The maximum absolute atomic E-state index is 12.8. The van der Waals surface area contributed by atoms with Crippen molar-refractivity contribution in [3.05, 3.63) is 53.3 Å². The Labute approximate surface area is 200 Å². The summed E-state index contributed by atoms with van der Waals surface area (Å²) in [5.41, 5.74) is 5.16. The number of carbonyl (C=O) groups excluding carboxylic acids is 1. The third-order valence-electron chi connectivity index (χ3n) is 6.97. The van der Waals surface area contributed by atoms with E-state index >= 15 is 0 Å². The highest BCUT2D eigenvalue weighted by molar-refractivity contribution is 6.06. The van der Waals surface area contributed by atoms with Gasteiger partial charge in [-0.2, -0.15) is 0 Å². The molecule has 2 aliphatic heterocycles. The summed E-state index contributed by atoms with van der Waals surface area (Å²) in [5.74, 6) is 0.314. The third-order valence-corrected chi connectivity index (χ3v) is 6.97. The van der Waals surface area contributed by atoms with E-state index in [1.165, 1.54) is 17.5 Å². The van der Waals surface area contributed by atoms with Crippen LogP contribution in [0.15, 0.2) is 36.7 Å². The SMILES string of the molecule is CC(C)(O)CNC(=O)c1c[nH]c2ncc(-c3ccc(C4CCOCC4)c([C@@H]4CCCN4)c3)cc12. The Morgan fingerprint density at radius 1 is 1.18 bits per heavy atom. The van der Waals surface area contributed by atoms with Gasteiger partial charge in [0.15, 0.2) is 0 Å². The Balaban J connectivity index is 1.49. The van der Waals surface area contributed by atoms with Crippen molar-refractivity contribution in [3.8, 4) is 11.1 Å². The second-order valence-electron chi connectivity index (χ2n) is 10.2. The fraction of sp³-hybridized carbons (Fsp3) is 0.481. The zero-order chi connectivity index (χ0) is 23.7. The summed E-state index contributed by atoms with van der Waals surface area (Å²) < 4.78 is 5.61. The number of hydrogen-bond acceptors (Lipinski definition) is 5. The lowest BCUT2D eigenvalue weighted by Gasteiger charge is -2.27. The maximum atomic E-state index is 12.8. The lowest BCUT2D eigenvalue weighted by atomic mass is 9.84. The maximum Gasteiger partial charge on any atom is 0.253 e. The van der Waals surface area contributed by atoms with Crippen molar-refractivity contribution in [2.24, 2.45) is 0 Å². The van der Waals surface area contributed by atoms with Crippen molar-refractivity contribution in [3.63, 3.8) is 0 Å². The molecule has 0 unspecified atom stereocenters. The summed E-state index contributed by atoms with van der Waals surface area (Å²) in [6.45, 7) is 6.23. The number of ether oxygens (including phenoxy) is 1. The Morgan fingerprint density at radius 2 is 2.00 bits per heavy atom. The second-order valence-corrected chi connectivity index (χ2v) is 10.2. The van der Waals surface area contributed by atoms with E-state index in [9.17, 15) is 9.90 Å². The minimum absolute atomic E-state index is 0.178. The fourth-order valence-electron chi connectivity index (χ4n) is 5.13. The monoisotopic (exact) mass is 462 g/mol. The summed E-state index contributed by atoms with van der Waals surface area (Å²) >= 11 is 0. The van der Waals surface area contributed by atoms with Crippen molar-refractivity contribution in [1.82, 2.24) is 20.6 Å². The van der Waals surface area contributed by atoms with Crippen LogP contribution in [0.5, 0.6) is 0 Å². The van der Waals surface area contributed by atoms with Crippen LogP contribution >= 0.6 is 0 Å². The molecule has 0 aliphatic carbocycles. The van der Waals surface area contributed by atoms with Gasteiger partial charge in [0.1, 0.15) is 5.65 Å². The summed E-state index contributed by atoms with van der Waals surface area (Å²) in [6, 6.07) is 9.21. The Hall–Kier alpha value is -2.74. The van der Waals surface area contributed by atoms with Gasteiger partial charge in [-0.05, 0) is 80.8 Å². The largest absolute Gasteiger partial charge is 0.389 e. The molecule has 2 aromatic heterocycles. The van der Waals surface area contributed by atoms with E-state index in [2.05, 4.69) is 38.8 Å². The number of hydrogen-bond donors (Lipinski definition) is 4. The van der Waals surface area contributed by atoms with Gasteiger partial charge in [-0.3, -0.25) is 4.79 Å². The average molecular weight is 463 g/mol. The van der Waals surface area contributed by atoms with Gasteiger partial charge < -0.3 is 25.5 Å². The molecule has 4 N–H and O–H groups in total. The first kappa shape index (κ1) is 23.0. The molecule has 5 rings (SSSR count). The van der Waals surface area contributed by atoms with Gasteiger partial charge in [0.05, 0.1) is 11.2 Å². The molecule has 0 bridgehead atoms. The lowest BCUT2D eigenvalue weighted by Crippen LogP contribution is -2.38. The number of H-pyrrole nitrogens is 1. The molecule has 34 heavy (non-hydrogen) atoms. The summed E-state index contributed by atoms with van der Waals surface area (Å²) in [7, 11) is 0. The Kier molecular flexibility index (Phi) is 6.42. The van der Waals surface area contributed by atoms with Crippen molar-refractivity contribution in [2.45, 2.75) is 57.1 Å². The topological polar surface area (TPSA) is 99.3 Å². The Bertz CT molecular complexity index is 1170. The molecule has 0 saturated carbocycles. The van der Waals surface area contributed by atoms with Crippen molar-refractivity contribution < 1.29 is 14.6 Å². The molecule has 1 amide bonds. The van der Waals surface area contributed by atoms with Crippen LogP contribution in [0.3, 0.4) is 0 Å². The number of aromatic amines is 1. The quantitative estimate of drug-likeness (QED) is 0.443. The predicted molar refractivity (Wildman–Crippen MR) is 133 cm³/mol. The zero-order valence-corrected chi connectivity index (χ0v) is 20.0. The lowest BCUT2D eigenvalue weighted by molar-refractivity contribution is 0.0695. The first-order valence-electron chi connectivity index (χ1n) is 12.3. The first-order chi connectivity index (χ1) is 16.4. The normalized spacial score (nSPS) is 19.6. The van der Waals surface area contributed by atoms with Gasteiger partial charge in [-0.15, -0.1) is 0 Å². The molecule has 2 fully saturated rings. The van der Waals surface area contributed by atoms with Gasteiger partial charge in [0, 0.05) is 49.1 Å². The second kappa shape index (κ2) is 9.49. The molecular weight excluding hydrogens is 428 g/mol. The smallest absolute Gasteiger partial charge is 0.253 e. The highest BCUT2D eigenvalue weighted by Crippen LogP contribution is 2.37. The molecule has 2 aliphatic rings. The third kappa shape index (κ3) is 4.87. The molecule has 180 valence electrons. The van der Waals surface area contributed by atoms with Crippen LogP contribution in [0.25, 0.3) is 22.2 Å². The van der Waals surface area contributed by atoms with E-state index in [4.69, 9.17) is 4.74 Å². The average Bonchev–Trinajstić information content (AvgIpc) is 3.52. The number of nitrogens with one attached hydrogen (secondary N) is 3. The van der Waals surface area contributed by atoms with E-state index in [-0.39, 0.29) is 12.5 Å². The van der Waals surface area contributed by atoms with Crippen molar-refractivity contribution in [1.29, 1.82) is 0 Å². The zero-order valence-electron chi connectivity index (χ0n) is 20.0. The van der Waals surface area contributed by atoms with Gasteiger partial charge in [0.25, 0.3) is 5.91 Å². The number of pyridine rings is 1. The van der Waals surface area contributed by atoms with Gasteiger partial charge >= 0.3 is 0 Å². The fourth-order valence-corrected chi connectivity index (χ4v) is 5.13. The molecular formula is C27H34N4O3. The molecule has 4 heterocycles. The highest BCUT2D eigenvalue weighted by atomic mass is 16.5. The summed E-state index contributed by atoms with van der Waals surface area (Å²) in [5, 5.41) is 17.2. The van der Waals surface area contributed by atoms with Crippen LogP contribution in [-0.2, 0) is 4.74 Å². The van der Waals surface area contributed by atoms with Gasteiger partial charge in [-0.25, -0.2) is 4.98 Å². The van der Waals surface area contributed by atoms with E-state index in [0.717, 1.165) is 55.5 Å². The first-order valence-corrected chi connectivity index (χ1v) is 12.3. The molecule has 1 atom stereocenters.